The minimum atomic E-state index is -0.000656. The molecule has 3 rings (SSSR count). The summed E-state index contributed by atoms with van der Waals surface area (Å²) < 4.78 is 6.73. The number of piperazine rings is 1. The van der Waals surface area contributed by atoms with Crippen LogP contribution in [-0.4, -0.2) is 65.4 Å². The van der Waals surface area contributed by atoms with Crippen molar-refractivity contribution in [2.45, 2.75) is 6.54 Å². The molecule has 1 aromatic heterocycles. The topological polar surface area (TPSA) is 95.2 Å². The number of rotatable bonds is 4. The number of phenolic OH excluding ortho intramolecular Hbond substituents is 1. The number of benzene rings is 1. The Balaban J connectivity index is 1.60. The maximum Gasteiger partial charge on any atom is 0.246 e. The summed E-state index contributed by atoms with van der Waals surface area (Å²) >= 11 is 0. The zero-order valence-corrected chi connectivity index (χ0v) is 15.7. The van der Waals surface area contributed by atoms with Gasteiger partial charge in [-0.2, -0.15) is 5.10 Å². The van der Waals surface area contributed by atoms with Gasteiger partial charge in [-0.25, -0.2) is 0 Å². The number of nitrogens with one attached hydrogen (secondary N) is 1. The van der Waals surface area contributed by atoms with E-state index >= 15 is 0 Å². The van der Waals surface area contributed by atoms with Crippen molar-refractivity contribution >= 4 is 17.6 Å². The summed E-state index contributed by atoms with van der Waals surface area (Å²) in [4.78, 5) is 20.5. The lowest BCUT2D eigenvalue weighted by Crippen LogP contribution is -2.55. The molecule has 0 radical (unpaired) electrons. The van der Waals surface area contributed by atoms with E-state index in [1.807, 2.05) is 24.2 Å². The van der Waals surface area contributed by atoms with Crippen LogP contribution in [0.25, 0.3) is 0 Å². The first-order valence-electron chi connectivity index (χ1n) is 8.62. The van der Waals surface area contributed by atoms with Crippen LogP contribution in [0.15, 0.2) is 35.6 Å². The van der Waals surface area contributed by atoms with Gasteiger partial charge in [0.05, 0.1) is 19.0 Å². The Labute approximate surface area is 157 Å². The van der Waals surface area contributed by atoms with E-state index in [1.165, 1.54) is 7.11 Å². The molecule has 9 heteroatoms. The number of carbonyl (C=O) groups is 1. The lowest BCUT2D eigenvalue weighted by molar-refractivity contribution is -0.120. The van der Waals surface area contributed by atoms with E-state index in [9.17, 15) is 9.90 Å². The minimum absolute atomic E-state index is 0.000656. The Morgan fingerprint density at radius 1 is 1.41 bits per heavy atom. The molecule has 1 aromatic carbocycles. The molecule has 0 spiro atoms. The number of amides is 1. The molecule has 1 saturated heterocycles. The highest BCUT2D eigenvalue weighted by molar-refractivity contribution is 5.98. The minimum Gasteiger partial charge on any atom is -0.504 e. The van der Waals surface area contributed by atoms with Gasteiger partial charge in [0, 0.05) is 39.9 Å². The highest BCUT2D eigenvalue weighted by Crippen LogP contribution is 2.26. The second-order valence-corrected chi connectivity index (χ2v) is 6.25. The Morgan fingerprint density at radius 3 is 2.81 bits per heavy atom. The van der Waals surface area contributed by atoms with Crippen molar-refractivity contribution in [2.75, 3.05) is 38.7 Å². The number of ether oxygens (including phenoxy) is 1. The number of nitrogens with zero attached hydrogens (tertiary/aromatic N) is 5. The zero-order valence-electron chi connectivity index (χ0n) is 15.7. The number of hydrogen-bond acceptors (Lipinski definition) is 5. The summed E-state index contributed by atoms with van der Waals surface area (Å²) in [6, 6.07) is 5.22. The molecular weight excluding hydrogens is 348 g/mol. The number of carbonyl (C=O) groups excluding carboxylic acids is 1. The van der Waals surface area contributed by atoms with Crippen LogP contribution >= 0.6 is 0 Å². The van der Waals surface area contributed by atoms with Gasteiger partial charge in [-0.1, -0.05) is 6.07 Å². The first-order valence-corrected chi connectivity index (χ1v) is 8.62. The third kappa shape index (κ3) is 4.13. The van der Waals surface area contributed by atoms with Crippen LogP contribution in [0.2, 0.25) is 0 Å². The third-order valence-electron chi connectivity index (χ3n) is 4.43. The normalized spacial score (nSPS) is 15.2. The van der Waals surface area contributed by atoms with Gasteiger partial charge in [0.1, 0.15) is 6.54 Å². The maximum absolute atomic E-state index is 12.5. The summed E-state index contributed by atoms with van der Waals surface area (Å²) in [7, 11) is 5.02. The SMILES string of the molecule is CN=C(NCc1ccc(OC)c(O)c1)N1CCN(c2cnn(C)c2)C(=O)C1. The van der Waals surface area contributed by atoms with Gasteiger partial charge in [0.2, 0.25) is 5.91 Å². The molecule has 9 nitrogen and oxygen atoms in total. The summed E-state index contributed by atoms with van der Waals surface area (Å²) in [5.74, 6) is 1.16. The number of aromatic nitrogens is 2. The fourth-order valence-electron chi connectivity index (χ4n) is 3.03. The zero-order chi connectivity index (χ0) is 19.4. The second kappa shape index (κ2) is 7.98. The van der Waals surface area contributed by atoms with E-state index in [2.05, 4.69) is 15.4 Å². The number of hydrogen-bond donors (Lipinski definition) is 2. The summed E-state index contributed by atoms with van der Waals surface area (Å²) in [5.41, 5.74) is 1.69. The van der Waals surface area contributed by atoms with Crippen LogP contribution in [0.4, 0.5) is 5.69 Å². The molecule has 1 amide bonds. The quantitative estimate of drug-likeness (QED) is 0.601. The van der Waals surface area contributed by atoms with Crippen molar-refractivity contribution < 1.29 is 14.6 Å². The number of guanidine groups is 1. The average molecular weight is 372 g/mol. The first kappa shape index (κ1) is 18.6. The molecule has 2 N–H and O–H groups in total. The van der Waals surface area contributed by atoms with Crippen LogP contribution in [0, 0.1) is 0 Å². The lowest BCUT2D eigenvalue weighted by atomic mass is 10.2. The van der Waals surface area contributed by atoms with Crippen LogP contribution in [0.5, 0.6) is 11.5 Å². The number of aromatic hydroxyl groups is 1. The van der Waals surface area contributed by atoms with Crippen molar-refractivity contribution in [3.63, 3.8) is 0 Å². The maximum atomic E-state index is 12.5. The van der Waals surface area contributed by atoms with Gasteiger partial charge in [-0.15, -0.1) is 0 Å². The molecule has 0 atom stereocenters. The van der Waals surface area contributed by atoms with Crippen molar-refractivity contribution in [1.82, 2.24) is 20.0 Å². The van der Waals surface area contributed by atoms with E-state index in [0.717, 1.165) is 11.3 Å². The van der Waals surface area contributed by atoms with Crippen molar-refractivity contribution in [2.24, 2.45) is 12.0 Å². The van der Waals surface area contributed by atoms with Gasteiger partial charge in [-0.3, -0.25) is 14.5 Å². The molecule has 0 unspecified atom stereocenters. The molecule has 0 aliphatic carbocycles. The Kier molecular flexibility index (Phi) is 5.49. The van der Waals surface area contributed by atoms with E-state index in [-0.39, 0.29) is 18.2 Å². The van der Waals surface area contributed by atoms with Gasteiger partial charge < -0.3 is 25.0 Å². The van der Waals surface area contributed by atoms with Crippen molar-refractivity contribution in [3.05, 3.63) is 36.2 Å². The summed E-state index contributed by atoms with van der Waals surface area (Å²) in [5, 5.41) is 17.2. The van der Waals surface area contributed by atoms with E-state index in [1.54, 1.807) is 35.0 Å². The van der Waals surface area contributed by atoms with Gasteiger partial charge in [0.25, 0.3) is 0 Å². The smallest absolute Gasteiger partial charge is 0.246 e. The molecular formula is C18H24N6O3. The molecule has 0 bridgehead atoms. The summed E-state index contributed by atoms with van der Waals surface area (Å²) in [6.45, 7) is 1.94. The van der Waals surface area contributed by atoms with Gasteiger partial charge >= 0.3 is 0 Å². The van der Waals surface area contributed by atoms with Crippen molar-refractivity contribution in [1.29, 1.82) is 0 Å². The molecule has 2 aromatic rings. The fourth-order valence-corrected chi connectivity index (χ4v) is 3.03. The predicted octanol–water partition coefficient (Wildman–Crippen LogP) is 0.558. The number of methoxy groups -OCH3 is 1. The highest BCUT2D eigenvalue weighted by Gasteiger charge is 2.27. The number of aryl methyl sites for hydroxylation is 1. The molecule has 2 heterocycles. The third-order valence-corrected chi connectivity index (χ3v) is 4.43. The van der Waals surface area contributed by atoms with Crippen molar-refractivity contribution in [3.8, 4) is 11.5 Å². The van der Waals surface area contributed by atoms with Crippen LogP contribution in [0.3, 0.4) is 0 Å². The van der Waals surface area contributed by atoms with E-state index < -0.39 is 0 Å². The van der Waals surface area contributed by atoms with E-state index in [4.69, 9.17) is 4.74 Å². The standard InChI is InChI=1S/C18H24N6O3/c1-19-18(20-9-13-4-5-16(27-3)15(25)8-13)23-6-7-24(17(26)12-23)14-10-21-22(2)11-14/h4-5,8,10-11,25H,6-7,9,12H2,1-3H3,(H,19,20). The molecule has 144 valence electrons. The number of anilines is 1. The largest absolute Gasteiger partial charge is 0.504 e. The lowest BCUT2D eigenvalue weighted by Gasteiger charge is -2.35. The Hall–Kier alpha value is -3.23. The molecule has 1 aliphatic rings. The van der Waals surface area contributed by atoms with Gasteiger partial charge in [0.15, 0.2) is 17.5 Å². The second-order valence-electron chi connectivity index (χ2n) is 6.25. The van der Waals surface area contributed by atoms with Gasteiger partial charge in [-0.05, 0) is 17.7 Å². The molecule has 1 fully saturated rings. The molecule has 27 heavy (non-hydrogen) atoms. The number of aliphatic imine (C=N–C) groups is 1. The average Bonchev–Trinajstić information content (AvgIpc) is 3.08. The number of phenols is 1. The molecule has 1 aliphatic heterocycles. The molecule has 0 saturated carbocycles. The van der Waals surface area contributed by atoms with E-state index in [0.29, 0.717) is 31.3 Å². The fraction of sp³-hybridized carbons (Fsp3) is 0.389. The Morgan fingerprint density at radius 2 is 2.22 bits per heavy atom. The predicted molar refractivity (Wildman–Crippen MR) is 102 cm³/mol. The highest BCUT2D eigenvalue weighted by atomic mass is 16.5. The van der Waals surface area contributed by atoms with Crippen LogP contribution < -0.4 is 15.0 Å². The monoisotopic (exact) mass is 372 g/mol. The Bertz CT molecular complexity index is 847. The summed E-state index contributed by atoms with van der Waals surface area (Å²) in [6.07, 6.45) is 3.52. The van der Waals surface area contributed by atoms with Crippen LogP contribution in [-0.2, 0) is 18.4 Å². The van der Waals surface area contributed by atoms with Crippen LogP contribution in [0.1, 0.15) is 5.56 Å². The first-order chi connectivity index (χ1) is 13.0.